The van der Waals surface area contributed by atoms with Crippen molar-refractivity contribution in [1.29, 1.82) is 0 Å². The van der Waals surface area contributed by atoms with E-state index in [2.05, 4.69) is 13.8 Å². The predicted molar refractivity (Wildman–Crippen MR) is 70.1 cm³/mol. The van der Waals surface area contributed by atoms with Crippen LogP contribution in [0.25, 0.3) is 0 Å². The summed E-state index contributed by atoms with van der Waals surface area (Å²) in [6, 6.07) is 1.95. The van der Waals surface area contributed by atoms with E-state index >= 15 is 0 Å². The van der Waals surface area contributed by atoms with Crippen molar-refractivity contribution in [2.45, 2.75) is 38.7 Å². The molecule has 0 spiro atoms. The summed E-state index contributed by atoms with van der Waals surface area (Å²) in [5.41, 5.74) is 1.30. The summed E-state index contributed by atoms with van der Waals surface area (Å²) < 4.78 is 5.09. The largest absolute Gasteiger partial charge is 0.472 e. The maximum absolute atomic E-state index is 10.2. The van der Waals surface area contributed by atoms with E-state index in [1.165, 1.54) is 5.57 Å². The zero-order valence-electron chi connectivity index (χ0n) is 11.1. The van der Waals surface area contributed by atoms with Gasteiger partial charge in [0.25, 0.3) is 0 Å². The average molecular weight is 250 g/mol. The average Bonchev–Trinajstić information content (AvgIpc) is 2.81. The molecular formula is C15H22O3. The van der Waals surface area contributed by atoms with E-state index in [4.69, 9.17) is 4.42 Å². The van der Waals surface area contributed by atoms with Crippen molar-refractivity contribution in [3.8, 4) is 0 Å². The molecule has 2 atom stereocenters. The van der Waals surface area contributed by atoms with Crippen LogP contribution in [0.5, 0.6) is 0 Å². The van der Waals surface area contributed by atoms with Crippen LogP contribution in [0.4, 0.5) is 0 Å². The van der Waals surface area contributed by atoms with Crippen molar-refractivity contribution in [2.24, 2.45) is 11.8 Å². The zero-order chi connectivity index (χ0) is 13.2. The highest BCUT2D eigenvalue weighted by Crippen LogP contribution is 2.37. The Kier molecular flexibility index (Phi) is 3.93. The molecule has 2 rings (SSSR count). The highest BCUT2D eigenvalue weighted by Gasteiger charge is 2.33. The lowest BCUT2D eigenvalue weighted by atomic mass is 9.73. The van der Waals surface area contributed by atoms with Crippen LogP contribution in [0.2, 0.25) is 0 Å². The second kappa shape index (κ2) is 5.29. The Bertz CT molecular complexity index is 405. The van der Waals surface area contributed by atoms with E-state index < -0.39 is 5.60 Å². The van der Waals surface area contributed by atoms with Gasteiger partial charge >= 0.3 is 0 Å². The molecule has 0 bridgehead atoms. The first-order chi connectivity index (χ1) is 8.54. The summed E-state index contributed by atoms with van der Waals surface area (Å²) in [5.74, 6) is 1.03. The van der Waals surface area contributed by atoms with Crippen LogP contribution in [0.1, 0.15) is 32.3 Å². The number of rotatable bonds is 4. The van der Waals surface area contributed by atoms with Gasteiger partial charge in [0.2, 0.25) is 0 Å². The van der Waals surface area contributed by atoms with Gasteiger partial charge < -0.3 is 14.6 Å². The summed E-state index contributed by atoms with van der Waals surface area (Å²) in [6.45, 7) is 4.21. The maximum Gasteiger partial charge on any atom is 0.106 e. The third kappa shape index (κ3) is 2.85. The third-order valence-electron chi connectivity index (χ3n) is 3.89. The minimum Gasteiger partial charge on any atom is -0.472 e. The van der Waals surface area contributed by atoms with Gasteiger partial charge in [0, 0.05) is 0 Å². The standard InChI is InChI=1S/C15H22O3/c1-11(2)14-3-5-15(17,10-16)8-13(14)7-12-4-6-18-9-12/h4,6,8-9,11,14,16-17H,3,5,7,10H2,1-2H3. The van der Waals surface area contributed by atoms with Gasteiger partial charge in [0.15, 0.2) is 0 Å². The molecule has 0 aliphatic heterocycles. The fourth-order valence-electron chi connectivity index (χ4n) is 2.81. The van der Waals surface area contributed by atoms with Crippen LogP contribution in [0.3, 0.4) is 0 Å². The van der Waals surface area contributed by atoms with Crippen LogP contribution in [-0.4, -0.2) is 22.4 Å². The van der Waals surface area contributed by atoms with Crippen LogP contribution >= 0.6 is 0 Å². The van der Waals surface area contributed by atoms with Crippen LogP contribution in [0, 0.1) is 11.8 Å². The van der Waals surface area contributed by atoms with E-state index in [-0.39, 0.29) is 6.61 Å². The lowest BCUT2D eigenvalue weighted by Gasteiger charge is -2.35. The second-order valence-electron chi connectivity index (χ2n) is 5.68. The monoisotopic (exact) mass is 250 g/mol. The van der Waals surface area contributed by atoms with Crippen molar-refractivity contribution >= 4 is 0 Å². The second-order valence-corrected chi connectivity index (χ2v) is 5.68. The highest BCUT2D eigenvalue weighted by atomic mass is 16.3. The minimum absolute atomic E-state index is 0.202. The first-order valence-electron chi connectivity index (χ1n) is 6.60. The zero-order valence-corrected chi connectivity index (χ0v) is 11.1. The van der Waals surface area contributed by atoms with Crippen molar-refractivity contribution in [1.82, 2.24) is 0 Å². The third-order valence-corrected chi connectivity index (χ3v) is 3.89. The van der Waals surface area contributed by atoms with Gasteiger partial charge in [0.05, 0.1) is 19.1 Å². The lowest BCUT2D eigenvalue weighted by molar-refractivity contribution is 0.00722. The van der Waals surface area contributed by atoms with E-state index in [0.29, 0.717) is 18.3 Å². The summed E-state index contributed by atoms with van der Waals surface area (Å²) >= 11 is 0. The van der Waals surface area contributed by atoms with E-state index in [1.54, 1.807) is 12.5 Å². The van der Waals surface area contributed by atoms with Gasteiger partial charge in [-0.05, 0) is 42.7 Å². The quantitative estimate of drug-likeness (QED) is 0.807. The molecule has 0 saturated heterocycles. The summed E-state index contributed by atoms with van der Waals surface area (Å²) in [6.07, 6.45) is 7.64. The molecule has 2 unspecified atom stereocenters. The topological polar surface area (TPSA) is 53.6 Å². The van der Waals surface area contributed by atoms with Gasteiger partial charge in [-0.25, -0.2) is 0 Å². The van der Waals surface area contributed by atoms with Crippen molar-refractivity contribution in [3.63, 3.8) is 0 Å². The molecule has 1 aliphatic rings. The molecule has 1 aromatic heterocycles. The number of aliphatic hydroxyl groups excluding tert-OH is 1. The summed E-state index contributed by atoms with van der Waals surface area (Å²) in [7, 11) is 0. The number of furan rings is 1. The minimum atomic E-state index is -1.04. The lowest BCUT2D eigenvalue weighted by Crippen LogP contribution is -2.37. The maximum atomic E-state index is 10.2. The highest BCUT2D eigenvalue weighted by molar-refractivity contribution is 5.25. The first kappa shape index (κ1) is 13.4. The van der Waals surface area contributed by atoms with Crippen LogP contribution < -0.4 is 0 Å². The van der Waals surface area contributed by atoms with Crippen LogP contribution in [-0.2, 0) is 6.42 Å². The van der Waals surface area contributed by atoms with Crippen molar-refractivity contribution in [2.75, 3.05) is 6.61 Å². The molecule has 1 aliphatic carbocycles. The Hall–Kier alpha value is -1.06. The first-order valence-corrected chi connectivity index (χ1v) is 6.60. The van der Waals surface area contributed by atoms with E-state index in [9.17, 15) is 10.2 Å². The molecule has 0 amide bonds. The number of hydrogen-bond acceptors (Lipinski definition) is 3. The molecule has 0 fully saturated rings. The molecule has 2 N–H and O–H groups in total. The molecule has 3 heteroatoms. The van der Waals surface area contributed by atoms with E-state index in [0.717, 1.165) is 18.4 Å². The summed E-state index contributed by atoms with van der Waals surface area (Å²) in [4.78, 5) is 0. The molecule has 100 valence electrons. The van der Waals surface area contributed by atoms with Gasteiger partial charge in [-0.2, -0.15) is 0 Å². The number of hydrogen-bond donors (Lipinski definition) is 2. The smallest absolute Gasteiger partial charge is 0.106 e. The van der Waals surface area contributed by atoms with E-state index in [1.807, 2.05) is 12.1 Å². The Balaban J connectivity index is 2.23. The normalized spacial score (nSPS) is 28.5. The SMILES string of the molecule is CC(C)C1CCC(O)(CO)C=C1Cc1ccoc1. The van der Waals surface area contributed by atoms with Crippen molar-refractivity contribution < 1.29 is 14.6 Å². The van der Waals surface area contributed by atoms with Crippen LogP contribution in [0.15, 0.2) is 34.7 Å². The molecular weight excluding hydrogens is 228 g/mol. The molecule has 0 radical (unpaired) electrons. The number of aliphatic hydroxyl groups is 2. The molecule has 0 saturated carbocycles. The Morgan fingerprint density at radius 2 is 2.28 bits per heavy atom. The van der Waals surface area contributed by atoms with Gasteiger partial charge in [-0.15, -0.1) is 0 Å². The molecule has 0 aromatic carbocycles. The van der Waals surface area contributed by atoms with Gasteiger partial charge in [-0.1, -0.05) is 25.5 Å². The fraction of sp³-hybridized carbons (Fsp3) is 0.600. The molecule has 3 nitrogen and oxygen atoms in total. The Labute approximate surface area is 108 Å². The molecule has 1 aromatic rings. The number of allylic oxidation sites excluding steroid dienone is 1. The fourth-order valence-corrected chi connectivity index (χ4v) is 2.81. The Morgan fingerprint density at radius 1 is 1.50 bits per heavy atom. The summed E-state index contributed by atoms with van der Waals surface area (Å²) in [5, 5.41) is 19.5. The predicted octanol–water partition coefficient (Wildman–Crippen LogP) is 2.54. The Morgan fingerprint density at radius 3 is 2.83 bits per heavy atom. The van der Waals surface area contributed by atoms with Crippen molar-refractivity contribution in [3.05, 3.63) is 35.8 Å². The van der Waals surface area contributed by atoms with Gasteiger partial charge in [-0.3, -0.25) is 0 Å². The molecule has 18 heavy (non-hydrogen) atoms. The van der Waals surface area contributed by atoms with Gasteiger partial charge in [0.1, 0.15) is 5.60 Å². The molecule has 1 heterocycles.